The Labute approximate surface area is 110 Å². The first-order valence-corrected chi connectivity index (χ1v) is 7.48. The average molecular weight is 250 g/mol. The molecule has 2 N–H and O–H groups in total. The zero-order valence-electron chi connectivity index (χ0n) is 11.7. The summed E-state index contributed by atoms with van der Waals surface area (Å²) in [6, 6.07) is -0.357. The normalized spacial score (nSPS) is 42.9. The lowest BCUT2D eigenvalue weighted by Gasteiger charge is -2.57. The van der Waals surface area contributed by atoms with Crippen LogP contribution in [0.5, 0.6) is 0 Å². The van der Waals surface area contributed by atoms with Gasteiger partial charge in [0.1, 0.15) is 0 Å². The maximum atomic E-state index is 12.0. The maximum absolute atomic E-state index is 12.0. The Morgan fingerprint density at radius 1 is 1.22 bits per heavy atom. The second-order valence-electron chi connectivity index (χ2n) is 7.40. The van der Waals surface area contributed by atoms with E-state index in [1.165, 1.54) is 38.5 Å². The highest BCUT2D eigenvalue weighted by atomic mass is 16.2. The molecule has 0 unspecified atom stereocenters. The van der Waals surface area contributed by atoms with Gasteiger partial charge < -0.3 is 10.6 Å². The summed E-state index contributed by atoms with van der Waals surface area (Å²) in [4.78, 5) is 13.9. The van der Waals surface area contributed by atoms with Crippen LogP contribution in [0.4, 0.5) is 0 Å². The van der Waals surface area contributed by atoms with E-state index in [4.69, 9.17) is 5.73 Å². The molecule has 4 bridgehead atoms. The lowest BCUT2D eigenvalue weighted by Crippen LogP contribution is -2.53. The summed E-state index contributed by atoms with van der Waals surface area (Å²) in [6.07, 6.45) is 8.46. The zero-order chi connectivity index (χ0) is 12.9. The fourth-order valence-electron chi connectivity index (χ4n) is 5.41. The van der Waals surface area contributed by atoms with Crippen molar-refractivity contribution in [1.82, 2.24) is 4.90 Å². The zero-order valence-corrected chi connectivity index (χ0v) is 11.7. The van der Waals surface area contributed by atoms with E-state index in [1.54, 1.807) is 6.92 Å². The highest BCUT2D eigenvalue weighted by Gasteiger charge is 2.51. The second kappa shape index (κ2) is 4.22. The van der Waals surface area contributed by atoms with Crippen molar-refractivity contribution in [2.24, 2.45) is 28.9 Å². The van der Waals surface area contributed by atoms with Crippen LogP contribution in [0, 0.1) is 23.2 Å². The summed E-state index contributed by atoms with van der Waals surface area (Å²) in [5.41, 5.74) is 6.15. The van der Waals surface area contributed by atoms with Crippen LogP contribution in [0.2, 0.25) is 0 Å². The third-order valence-corrected chi connectivity index (χ3v) is 5.50. The number of rotatable bonds is 3. The van der Waals surface area contributed by atoms with Gasteiger partial charge in [-0.25, -0.2) is 0 Å². The number of carbonyl (C=O) groups is 1. The minimum Gasteiger partial charge on any atom is -0.344 e. The van der Waals surface area contributed by atoms with Gasteiger partial charge in [-0.1, -0.05) is 0 Å². The number of nitrogens with zero attached hydrogens (tertiary/aromatic N) is 1. The summed E-state index contributed by atoms with van der Waals surface area (Å²) in [5, 5.41) is 0. The molecule has 4 aliphatic carbocycles. The Balaban J connectivity index is 1.70. The van der Waals surface area contributed by atoms with Gasteiger partial charge in [-0.05, 0) is 68.6 Å². The third-order valence-electron chi connectivity index (χ3n) is 5.50. The van der Waals surface area contributed by atoms with E-state index < -0.39 is 0 Å². The van der Waals surface area contributed by atoms with Gasteiger partial charge in [-0.15, -0.1) is 0 Å². The molecule has 1 atom stereocenters. The highest BCUT2D eigenvalue weighted by Crippen LogP contribution is 2.60. The first-order chi connectivity index (χ1) is 8.47. The monoisotopic (exact) mass is 250 g/mol. The first-order valence-electron chi connectivity index (χ1n) is 7.48. The number of hydrogen-bond donors (Lipinski definition) is 1. The van der Waals surface area contributed by atoms with Crippen LogP contribution in [0.1, 0.15) is 45.4 Å². The number of likely N-dealkylation sites (N-methyl/N-ethyl adjacent to an activating group) is 1. The molecule has 0 aliphatic heterocycles. The minimum absolute atomic E-state index is 0.103. The molecule has 3 heteroatoms. The van der Waals surface area contributed by atoms with Gasteiger partial charge in [0, 0.05) is 13.6 Å². The summed E-state index contributed by atoms with van der Waals surface area (Å²) in [5.74, 6) is 2.96. The lowest BCUT2D eigenvalue weighted by molar-refractivity contribution is -0.136. The van der Waals surface area contributed by atoms with Gasteiger partial charge in [-0.3, -0.25) is 4.79 Å². The molecule has 3 nitrogen and oxygen atoms in total. The van der Waals surface area contributed by atoms with Gasteiger partial charge in [0.05, 0.1) is 6.04 Å². The van der Waals surface area contributed by atoms with Crippen LogP contribution in [0.15, 0.2) is 0 Å². The smallest absolute Gasteiger partial charge is 0.238 e. The highest BCUT2D eigenvalue weighted by molar-refractivity contribution is 5.80. The van der Waals surface area contributed by atoms with Crippen molar-refractivity contribution in [3.8, 4) is 0 Å². The van der Waals surface area contributed by atoms with E-state index in [-0.39, 0.29) is 11.9 Å². The van der Waals surface area contributed by atoms with Crippen LogP contribution in [-0.4, -0.2) is 30.4 Å². The molecular formula is C15H26N2O. The standard InChI is InChI=1S/C15H26N2O/c1-10(16)14(18)17(2)9-15-6-11-3-12(7-15)5-13(4-11)8-15/h10-13H,3-9,16H2,1-2H3/t10-,11?,12?,13?,15?/m0/s1. The van der Waals surface area contributed by atoms with Crippen molar-refractivity contribution in [3.05, 3.63) is 0 Å². The lowest BCUT2D eigenvalue weighted by atomic mass is 9.49. The molecule has 18 heavy (non-hydrogen) atoms. The van der Waals surface area contributed by atoms with Crippen molar-refractivity contribution >= 4 is 5.91 Å². The van der Waals surface area contributed by atoms with Gasteiger partial charge in [0.25, 0.3) is 0 Å². The second-order valence-corrected chi connectivity index (χ2v) is 7.40. The number of carbonyl (C=O) groups excluding carboxylic acids is 1. The molecule has 0 radical (unpaired) electrons. The Morgan fingerprint density at radius 3 is 2.06 bits per heavy atom. The molecule has 4 aliphatic rings. The molecule has 0 aromatic carbocycles. The van der Waals surface area contributed by atoms with E-state index in [0.29, 0.717) is 5.41 Å². The van der Waals surface area contributed by atoms with Gasteiger partial charge >= 0.3 is 0 Å². The molecule has 0 spiro atoms. The van der Waals surface area contributed by atoms with Crippen molar-refractivity contribution in [1.29, 1.82) is 0 Å². The molecular weight excluding hydrogens is 224 g/mol. The number of hydrogen-bond acceptors (Lipinski definition) is 2. The van der Waals surface area contributed by atoms with E-state index in [1.807, 2.05) is 11.9 Å². The van der Waals surface area contributed by atoms with Gasteiger partial charge in [-0.2, -0.15) is 0 Å². The van der Waals surface area contributed by atoms with Crippen LogP contribution in [-0.2, 0) is 4.79 Å². The topological polar surface area (TPSA) is 46.3 Å². The quantitative estimate of drug-likeness (QED) is 0.833. The minimum atomic E-state index is -0.357. The summed E-state index contributed by atoms with van der Waals surface area (Å²) >= 11 is 0. The van der Waals surface area contributed by atoms with Crippen LogP contribution >= 0.6 is 0 Å². The third kappa shape index (κ3) is 2.07. The molecule has 4 saturated carbocycles. The van der Waals surface area contributed by atoms with Crippen LogP contribution in [0.3, 0.4) is 0 Å². The maximum Gasteiger partial charge on any atom is 0.238 e. The summed E-state index contributed by atoms with van der Waals surface area (Å²) in [7, 11) is 1.93. The predicted octanol–water partition coefficient (Wildman–Crippen LogP) is 2.01. The predicted molar refractivity (Wildman–Crippen MR) is 71.9 cm³/mol. The van der Waals surface area contributed by atoms with E-state index in [2.05, 4.69) is 0 Å². The molecule has 0 heterocycles. The molecule has 0 saturated heterocycles. The van der Waals surface area contributed by atoms with Crippen molar-refractivity contribution in [2.45, 2.75) is 51.5 Å². The molecule has 1 amide bonds. The Kier molecular flexibility index (Phi) is 2.92. The summed E-state index contributed by atoms with van der Waals surface area (Å²) < 4.78 is 0. The Morgan fingerprint density at radius 2 is 1.67 bits per heavy atom. The Hall–Kier alpha value is -0.570. The molecule has 0 aromatic rings. The average Bonchev–Trinajstić information content (AvgIpc) is 2.24. The molecule has 4 rings (SSSR count). The largest absolute Gasteiger partial charge is 0.344 e. The van der Waals surface area contributed by atoms with Crippen molar-refractivity contribution < 1.29 is 4.79 Å². The number of nitrogens with two attached hydrogens (primary N) is 1. The van der Waals surface area contributed by atoms with Crippen LogP contribution in [0.25, 0.3) is 0 Å². The molecule has 4 fully saturated rings. The fourth-order valence-corrected chi connectivity index (χ4v) is 5.41. The van der Waals surface area contributed by atoms with E-state index >= 15 is 0 Å². The number of amides is 1. The molecule has 0 aromatic heterocycles. The Bertz CT molecular complexity index is 315. The van der Waals surface area contributed by atoms with Crippen molar-refractivity contribution in [3.63, 3.8) is 0 Å². The summed E-state index contributed by atoms with van der Waals surface area (Å²) in [6.45, 7) is 2.73. The van der Waals surface area contributed by atoms with Gasteiger partial charge in [0.15, 0.2) is 0 Å². The fraction of sp³-hybridized carbons (Fsp3) is 0.933. The SMILES string of the molecule is C[C@H](N)C(=O)N(C)CC12CC3CC(CC(C3)C1)C2. The van der Waals surface area contributed by atoms with E-state index in [0.717, 1.165) is 24.3 Å². The van der Waals surface area contributed by atoms with Gasteiger partial charge in [0.2, 0.25) is 5.91 Å². The van der Waals surface area contributed by atoms with Crippen LogP contribution < -0.4 is 5.73 Å². The van der Waals surface area contributed by atoms with Crippen molar-refractivity contribution in [2.75, 3.05) is 13.6 Å². The van der Waals surface area contributed by atoms with E-state index in [9.17, 15) is 4.79 Å². The molecule has 102 valence electrons. The first kappa shape index (κ1) is 12.5.